The van der Waals surface area contributed by atoms with Crippen LogP contribution in [0.2, 0.25) is 0 Å². The number of aryl methyl sites for hydroxylation is 2. The van der Waals surface area contributed by atoms with Crippen molar-refractivity contribution in [3.63, 3.8) is 0 Å². The molecule has 0 N–H and O–H groups in total. The normalized spacial score (nSPS) is 19.9. The molecule has 0 aromatic heterocycles. The van der Waals surface area contributed by atoms with Gasteiger partial charge >= 0.3 is 0 Å². The van der Waals surface area contributed by atoms with Crippen LogP contribution in [0.5, 0.6) is 0 Å². The van der Waals surface area contributed by atoms with Crippen molar-refractivity contribution < 1.29 is 9.59 Å². The molecule has 140 valence electrons. The topological polar surface area (TPSA) is 40.6 Å². The lowest BCUT2D eigenvalue weighted by molar-refractivity contribution is -0.115. The van der Waals surface area contributed by atoms with Gasteiger partial charge in [0.05, 0.1) is 21.2 Å². The number of carbonyl (C=O) groups is 2. The van der Waals surface area contributed by atoms with E-state index in [1.165, 1.54) is 9.80 Å². The highest BCUT2D eigenvalue weighted by Gasteiger charge is 2.43. The van der Waals surface area contributed by atoms with Crippen molar-refractivity contribution >= 4 is 79.8 Å². The molecular weight excluding hydrogens is 429 g/mol. The van der Waals surface area contributed by atoms with Gasteiger partial charge in [-0.15, -0.1) is 0 Å². The van der Waals surface area contributed by atoms with E-state index >= 15 is 0 Å². The third-order valence-corrected chi connectivity index (χ3v) is 7.20. The van der Waals surface area contributed by atoms with Gasteiger partial charge in [0, 0.05) is 0 Å². The molecule has 8 heteroatoms. The third kappa shape index (κ3) is 3.30. The Hall–Kier alpha value is -2.00. The maximum absolute atomic E-state index is 13.1. The van der Waals surface area contributed by atoms with Crippen LogP contribution in [0.1, 0.15) is 11.1 Å². The van der Waals surface area contributed by atoms with Gasteiger partial charge in [-0.2, -0.15) is 0 Å². The van der Waals surface area contributed by atoms with Gasteiger partial charge in [-0.3, -0.25) is 19.4 Å². The molecule has 0 saturated carbocycles. The van der Waals surface area contributed by atoms with Gasteiger partial charge in [-0.1, -0.05) is 83.4 Å². The molecule has 4 rings (SSSR count). The first kappa shape index (κ1) is 19.3. The summed E-state index contributed by atoms with van der Waals surface area (Å²) in [7, 11) is 0. The minimum absolute atomic E-state index is 0.289. The van der Waals surface area contributed by atoms with Crippen molar-refractivity contribution in [1.29, 1.82) is 0 Å². The molecule has 2 fully saturated rings. The van der Waals surface area contributed by atoms with Gasteiger partial charge in [0.15, 0.2) is 8.64 Å². The SMILES string of the molecule is Cc1ccc(N2C(=O)C(=C3SC(=S)N(c4ccc(C)cc4)C3=O)SC2=S)cc1. The van der Waals surface area contributed by atoms with Gasteiger partial charge in [-0.05, 0) is 38.1 Å². The summed E-state index contributed by atoms with van der Waals surface area (Å²) in [5.74, 6) is -0.577. The number of hydrogen-bond donors (Lipinski definition) is 0. The van der Waals surface area contributed by atoms with Crippen molar-refractivity contribution in [3.05, 3.63) is 69.5 Å². The minimum atomic E-state index is -0.289. The second-order valence-corrected chi connectivity index (χ2v) is 9.63. The molecule has 0 atom stereocenters. The van der Waals surface area contributed by atoms with Crippen molar-refractivity contribution in [1.82, 2.24) is 0 Å². The Labute approximate surface area is 182 Å². The average molecular weight is 443 g/mol. The molecule has 4 nitrogen and oxygen atoms in total. The number of hydrogen-bond acceptors (Lipinski definition) is 6. The molecule has 2 heterocycles. The Morgan fingerprint density at radius 2 is 0.964 bits per heavy atom. The van der Waals surface area contributed by atoms with Crippen LogP contribution in [-0.2, 0) is 9.59 Å². The van der Waals surface area contributed by atoms with E-state index in [4.69, 9.17) is 24.4 Å². The van der Waals surface area contributed by atoms with Gasteiger partial charge < -0.3 is 0 Å². The molecule has 2 amide bonds. The van der Waals surface area contributed by atoms with E-state index in [2.05, 4.69) is 0 Å². The van der Waals surface area contributed by atoms with E-state index in [0.29, 0.717) is 29.8 Å². The lowest BCUT2D eigenvalue weighted by atomic mass is 10.2. The Bertz CT molecular complexity index is 973. The number of anilines is 2. The molecule has 0 radical (unpaired) electrons. The lowest BCUT2D eigenvalue weighted by Crippen LogP contribution is -2.29. The van der Waals surface area contributed by atoms with Gasteiger partial charge in [0.1, 0.15) is 0 Å². The summed E-state index contributed by atoms with van der Waals surface area (Å²) < 4.78 is 0.814. The van der Waals surface area contributed by atoms with Crippen molar-refractivity contribution in [3.8, 4) is 0 Å². The summed E-state index contributed by atoms with van der Waals surface area (Å²) in [6.45, 7) is 3.95. The smallest absolute Gasteiger partial charge is 0.268 e. The Morgan fingerprint density at radius 3 is 1.29 bits per heavy atom. The maximum atomic E-state index is 13.1. The molecule has 0 aliphatic carbocycles. The fourth-order valence-electron chi connectivity index (χ4n) is 2.84. The molecular formula is C20H14N2O2S4. The third-order valence-electron chi connectivity index (χ3n) is 4.33. The zero-order valence-corrected chi connectivity index (χ0v) is 18.2. The lowest BCUT2D eigenvalue weighted by Gasteiger charge is -2.15. The molecule has 0 unspecified atom stereocenters. The number of amides is 2. The first-order valence-corrected chi connectivity index (χ1v) is 10.8. The van der Waals surface area contributed by atoms with Crippen LogP contribution in [-0.4, -0.2) is 20.5 Å². The summed E-state index contributed by atoms with van der Waals surface area (Å²) >= 11 is 13.1. The highest BCUT2D eigenvalue weighted by atomic mass is 32.2. The van der Waals surface area contributed by atoms with E-state index in [9.17, 15) is 9.59 Å². The second kappa shape index (κ2) is 7.44. The van der Waals surface area contributed by atoms with Crippen LogP contribution in [0.25, 0.3) is 0 Å². The number of thiocarbonyl (C=S) groups is 2. The molecule has 2 saturated heterocycles. The molecule has 2 aliphatic heterocycles. The Kier molecular flexibility index (Phi) is 5.13. The highest BCUT2D eigenvalue weighted by molar-refractivity contribution is 8.30. The van der Waals surface area contributed by atoms with E-state index in [1.807, 2.05) is 62.4 Å². The average Bonchev–Trinajstić information content (AvgIpc) is 3.12. The van der Waals surface area contributed by atoms with Gasteiger partial charge in [-0.25, -0.2) is 0 Å². The van der Waals surface area contributed by atoms with E-state index in [0.717, 1.165) is 34.7 Å². The zero-order chi connectivity index (χ0) is 20.0. The van der Waals surface area contributed by atoms with Crippen molar-refractivity contribution in [2.24, 2.45) is 0 Å². The summed E-state index contributed by atoms with van der Waals surface area (Å²) in [6, 6.07) is 15.1. The second-order valence-electron chi connectivity index (χ2n) is 6.35. The summed E-state index contributed by atoms with van der Waals surface area (Å²) in [6.07, 6.45) is 0. The number of rotatable bonds is 2. The number of carbonyl (C=O) groups excluding carboxylic acids is 2. The molecule has 2 aromatic carbocycles. The summed E-state index contributed by atoms with van der Waals surface area (Å²) in [5, 5.41) is 0. The predicted molar refractivity (Wildman–Crippen MR) is 125 cm³/mol. The van der Waals surface area contributed by atoms with Crippen LogP contribution < -0.4 is 9.80 Å². The van der Waals surface area contributed by atoms with E-state index < -0.39 is 0 Å². The summed E-state index contributed by atoms with van der Waals surface area (Å²) in [4.78, 5) is 29.7. The first-order valence-electron chi connectivity index (χ1n) is 8.37. The minimum Gasteiger partial charge on any atom is -0.268 e. The van der Waals surface area contributed by atoms with Crippen LogP contribution in [0, 0.1) is 13.8 Å². The molecule has 0 spiro atoms. The zero-order valence-electron chi connectivity index (χ0n) is 15.0. The van der Waals surface area contributed by atoms with E-state index in [1.54, 1.807) is 0 Å². The standard InChI is InChI=1S/C20H14N2O2S4/c1-11-3-7-13(8-4-11)21-17(23)15(27-19(21)25)16-18(24)22(20(26)28-16)14-9-5-12(2)6-10-14/h3-10H,1-2H3. The molecule has 28 heavy (non-hydrogen) atoms. The van der Waals surface area contributed by atoms with Crippen LogP contribution in [0.3, 0.4) is 0 Å². The Morgan fingerprint density at radius 1 is 0.643 bits per heavy atom. The predicted octanol–water partition coefficient (Wildman–Crippen LogP) is 4.94. The Balaban J connectivity index is 1.69. The van der Waals surface area contributed by atoms with Crippen molar-refractivity contribution in [2.45, 2.75) is 13.8 Å². The van der Waals surface area contributed by atoms with Crippen LogP contribution in [0.15, 0.2) is 58.3 Å². The summed E-state index contributed by atoms with van der Waals surface area (Å²) in [5.41, 5.74) is 3.57. The quantitative estimate of drug-likeness (QED) is 0.484. The van der Waals surface area contributed by atoms with Crippen molar-refractivity contribution in [2.75, 3.05) is 9.80 Å². The number of thioether (sulfide) groups is 2. The molecule has 2 aromatic rings. The van der Waals surface area contributed by atoms with Gasteiger partial charge in [0.2, 0.25) is 0 Å². The monoisotopic (exact) mass is 442 g/mol. The van der Waals surface area contributed by atoms with E-state index in [-0.39, 0.29) is 11.8 Å². The maximum Gasteiger partial charge on any atom is 0.272 e. The highest BCUT2D eigenvalue weighted by Crippen LogP contribution is 2.44. The van der Waals surface area contributed by atoms with Gasteiger partial charge in [0.25, 0.3) is 11.8 Å². The fraction of sp³-hybridized carbons (Fsp3) is 0.100. The molecule has 0 bridgehead atoms. The van der Waals surface area contributed by atoms with Crippen LogP contribution >= 0.6 is 48.0 Å². The molecule has 2 aliphatic rings. The largest absolute Gasteiger partial charge is 0.272 e. The fourth-order valence-corrected chi connectivity index (χ4v) is 5.59. The number of benzene rings is 2. The van der Waals surface area contributed by atoms with Crippen LogP contribution in [0.4, 0.5) is 11.4 Å². The number of nitrogens with zero attached hydrogens (tertiary/aromatic N) is 2. The first-order chi connectivity index (χ1) is 13.4.